The highest BCUT2D eigenvalue weighted by Crippen LogP contribution is 2.49. The molecule has 1 N–H and O–H groups in total. The monoisotopic (exact) mass is 509 g/mol. The Kier molecular flexibility index (Phi) is 5.86. The molecule has 12 nitrogen and oxygen atoms in total. The summed E-state index contributed by atoms with van der Waals surface area (Å²) in [7, 11) is 4.20. The van der Waals surface area contributed by atoms with E-state index < -0.39 is 41.1 Å². The molecule has 0 radical (unpaired) electrons. The third-order valence-corrected chi connectivity index (χ3v) is 7.67. The summed E-state index contributed by atoms with van der Waals surface area (Å²) in [5.41, 5.74) is 0.402. The lowest BCUT2D eigenvalue weighted by Gasteiger charge is -2.50. The van der Waals surface area contributed by atoms with Crippen LogP contribution in [0.5, 0.6) is 0 Å². The lowest BCUT2D eigenvalue weighted by Crippen LogP contribution is -2.70. The number of carbonyl (C=O) groups excluding carboxylic acids is 6. The van der Waals surface area contributed by atoms with Crippen LogP contribution >= 0.6 is 0 Å². The minimum atomic E-state index is -1.45. The lowest BCUT2D eigenvalue weighted by molar-refractivity contribution is -0.159. The van der Waals surface area contributed by atoms with E-state index in [0.717, 1.165) is 26.8 Å². The minimum Gasteiger partial charge on any atom is -0.383 e. The Morgan fingerprint density at radius 2 is 1.78 bits per heavy atom. The number of benzene rings is 1. The quantitative estimate of drug-likeness (QED) is 0.349. The highest BCUT2D eigenvalue weighted by atomic mass is 16.5. The minimum absolute atomic E-state index is 0.0151. The summed E-state index contributed by atoms with van der Waals surface area (Å²) >= 11 is 0. The van der Waals surface area contributed by atoms with Gasteiger partial charge in [-0.15, -0.1) is 0 Å². The first-order chi connectivity index (χ1) is 17.6. The van der Waals surface area contributed by atoms with E-state index >= 15 is 0 Å². The van der Waals surface area contributed by atoms with Crippen LogP contribution in [0.3, 0.4) is 0 Å². The molecule has 0 aliphatic carbocycles. The van der Waals surface area contributed by atoms with Crippen molar-refractivity contribution in [3.05, 3.63) is 34.9 Å². The summed E-state index contributed by atoms with van der Waals surface area (Å²) in [6, 6.07) is 3.49. The number of anilines is 1. The maximum absolute atomic E-state index is 13.5. The number of methoxy groups -OCH3 is 1. The molecule has 1 unspecified atom stereocenters. The van der Waals surface area contributed by atoms with Gasteiger partial charge in [0.2, 0.25) is 11.8 Å². The first-order valence-corrected chi connectivity index (χ1v) is 12.0. The average molecular weight is 510 g/mol. The van der Waals surface area contributed by atoms with Gasteiger partial charge >= 0.3 is 12.1 Å². The summed E-state index contributed by atoms with van der Waals surface area (Å²) in [6.07, 6.45) is 2.90. The molecule has 1 spiro atoms. The number of amides is 8. The highest BCUT2D eigenvalue weighted by Gasteiger charge is 2.63. The number of ether oxygens (including phenoxy) is 1. The number of barbiturate groups is 2. The smallest absolute Gasteiger partial charge is 0.332 e. The Hall–Kier alpha value is -4.06. The molecule has 1 aromatic rings. The Bertz CT molecular complexity index is 1260. The molecule has 1 atom stereocenters. The van der Waals surface area contributed by atoms with Gasteiger partial charge in [-0.2, -0.15) is 0 Å². The maximum atomic E-state index is 13.5. The molecule has 4 aliphatic heterocycles. The van der Waals surface area contributed by atoms with Crippen LogP contribution in [0, 0.1) is 5.41 Å². The molecule has 12 heteroatoms. The van der Waals surface area contributed by atoms with Crippen molar-refractivity contribution in [3.63, 3.8) is 0 Å². The molecule has 3 fully saturated rings. The standard InChI is InChI=1S/C25H27N5O7/c1-27-21(33)25(22(34)28(2)24(27)36)13-15-11-14(6-7-17(15)29-8-4-5-18(25)29)12-16-19(31)26-23(35)30(20(16)32)9-10-37-3/h6-7,11-12,18H,4-5,8-10,13H2,1-3H3,(H,26,31,35). The summed E-state index contributed by atoms with van der Waals surface area (Å²) in [5.74, 6) is -2.60. The van der Waals surface area contributed by atoms with Crippen LogP contribution in [0.2, 0.25) is 0 Å². The van der Waals surface area contributed by atoms with Crippen molar-refractivity contribution >= 4 is 47.5 Å². The normalized spacial score (nSPS) is 24.3. The molecule has 0 bridgehead atoms. The molecule has 0 aromatic heterocycles. The van der Waals surface area contributed by atoms with Gasteiger partial charge in [-0.25, -0.2) is 9.59 Å². The molecule has 3 saturated heterocycles. The van der Waals surface area contributed by atoms with Gasteiger partial charge < -0.3 is 9.64 Å². The fourth-order valence-corrected chi connectivity index (χ4v) is 5.87. The van der Waals surface area contributed by atoms with E-state index in [9.17, 15) is 28.8 Å². The molecule has 194 valence electrons. The van der Waals surface area contributed by atoms with Crippen molar-refractivity contribution in [3.8, 4) is 0 Å². The average Bonchev–Trinajstić information content (AvgIpc) is 3.38. The van der Waals surface area contributed by atoms with E-state index in [-0.39, 0.29) is 31.2 Å². The van der Waals surface area contributed by atoms with Crippen molar-refractivity contribution in [1.29, 1.82) is 0 Å². The first-order valence-electron chi connectivity index (χ1n) is 12.0. The lowest BCUT2D eigenvalue weighted by atomic mass is 9.68. The van der Waals surface area contributed by atoms with E-state index in [0.29, 0.717) is 24.1 Å². The number of hydrogen-bond donors (Lipinski definition) is 1. The number of nitrogens with one attached hydrogen (secondary N) is 1. The number of carbonyl (C=O) groups is 6. The Morgan fingerprint density at radius 1 is 1.08 bits per heavy atom. The molecule has 37 heavy (non-hydrogen) atoms. The number of hydrogen-bond acceptors (Lipinski definition) is 8. The molecular weight excluding hydrogens is 482 g/mol. The molecular formula is C25H27N5O7. The zero-order chi connectivity index (χ0) is 26.6. The third kappa shape index (κ3) is 3.54. The van der Waals surface area contributed by atoms with Gasteiger partial charge in [0.05, 0.1) is 19.2 Å². The fourth-order valence-electron chi connectivity index (χ4n) is 5.87. The van der Waals surface area contributed by atoms with E-state index in [1.54, 1.807) is 12.1 Å². The largest absolute Gasteiger partial charge is 0.383 e. The van der Waals surface area contributed by atoms with Gasteiger partial charge in [-0.1, -0.05) is 6.07 Å². The van der Waals surface area contributed by atoms with Crippen molar-refractivity contribution in [1.82, 2.24) is 20.0 Å². The van der Waals surface area contributed by atoms with E-state index in [2.05, 4.69) is 5.32 Å². The topological polar surface area (TPSA) is 137 Å². The zero-order valence-corrected chi connectivity index (χ0v) is 20.8. The van der Waals surface area contributed by atoms with Crippen molar-refractivity contribution < 1.29 is 33.5 Å². The van der Waals surface area contributed by atoms with Crippen LogP contribution in [-0.2, 0) is 30.3 Å². The summed E-state index contributed by atoms with van der Waals surface area (Å²) in [5, 5.41) is 2.17. The number of imide groups is 4. The highest BCUT2D eigenvalue weighted by molar-refractivity contribution is 6.31. The predicted molar refractivity (Wildman–Crippen MR) is 129 cm³/mol. The van der Waals surface area contributed by atoms with Crippen LogP contribution in [0.1, 0.15) is 24.0 Å². The van der Waals surface area contributed by atoms with Crippen molar-refractivity contribution in [2.45, 2.75) is 25.3 Å². The van der Waals surface area contributed by atoms with Crippen molar-refractivity contribution in [2.75, 3.05) is 45.8 Å². The molecule has 4 heterocycles. The van der Waals surface area contributed by atoms with Crippen LogP contribution in [-0.4, -0.2) is 97.3 Å². The van der Waals surface area contributed by atoms with Crippen molar-refractivity contribution in [2.24, 2.45) is 5.41 Å². The summed E-state index contributed by atoms with van der Waals surface area (Å²) in [6.45, 7) is 0.754. The first kappa shape index (κ1) is 24.6. The molecule has 8 amide bonds. The number of nitrogens with zero attached hydrogens (tertiary/aromatic N) is 4. The van der Waals surface area contributed by atoms with Crippen LogP contribution in [0.4, 0.5) is 15.3 Å². The predicted octanol–water partition coefficient (Wildman–Crippen LogP) is 0.357. The van der Waals surface area contributed by atoms with Gasteiger partial charge in [-0.05, 0) is 48.6 Å². The number of urea groups is 2. The molecule has 0 saturated carbocycles. The Labute approximate surface area is 212 Å². The maximum Gasteiger partial charge on any atom is 0.332 e. The van der Waals surface area contributed by atoms with Gasteiger partial charge in [0.1, 0.15) is 5.57 Å². The molecule has 1 aromatic carbocycles. The summed E-state index contributed by atoms with van der Waals surface area (Å²) < 4.78 is 4.95. The molecule has 4 aliphatic rings. The third-order valence-electron chi connectivity index (χ3n) is 7.67. The summed E-state index contributed by atoms with van der Waals surface area (Å²) in [4.78, 5) is 82.0. The SMILES string of the molecule is COCCN1C(=O)NC(=O)C(=Cc2ccc3c(c2)CC2(C(=O)N(C)C(=O)N(C)C2=O)C2CCCN32)C1=O. The molecule has 5 rings (SSSR count). The van der Waals surface area contributed by atoms with Crippen LogP contribution < -0.4 is 10.2 Å². The van der Waals surface area contributed by atoms with Crippen LogP contribution in [0.25, 0.3) is 6.08 Å². The van der Waals surface area contributed by atoms with Gasteiger partial charge in [-0.3, -0.25) is 39.2 Å². The van der Waals surface area contributed by atoms with E-state index in [4.69, 9.17) is 4.74 Å². The Morgan fingerprint density at radius 3 is 2.46 bits per heavy atom. The van der Waals surface area contributed by atoms with E-state index in [1.807, 2.05) is 11.0 Å². The van der Waals surface area contributed by atoms with E-state index in [1.165, 1.54) is 27.3 Å². The number of rotatable bonds is 4. The van der Waals surface area contributed by atoms with Gasteiger partial charge in [0.25, 0.3) is 11.8 Å². The van der Waals surface area contributed by atoms with Crippen LogP contribution in [0.15, 0.2) is 23.8 Å². The second-order valence-corrected chi connectivity index (χ2v) is 9.67. The van der Waals surface area contributed by atoms with Gasteiger partial charge in [0, 0.05) is 33.4 Å². The zero-order valence-electron chi connectivity index (χ0n) is 20.8. The second-order valence-electron chi connectivity index (χ2n) is 9.67. The van der Waals surface area contributed by atoms with Gasteiger partial charge in [0.15, 0.2) is 5.41 Å². The fraction of sp³-hybridized carbons (Fsp3) is 0.440. The Balaban J connectivity index is 1.55. The second kappa shape index (κ2) is 8.80. The number of fused-ring (bicyclic) bond motifs is 4.